The molecule has 0 aromatic rings. The predicted octanol–water partition coefficient (Wildman–Crippen LogP) is -0.0809. The first kappa shape index (κ1) is 13.8. The first-order chi connectivity index (χ1) is 8.59. The third-order valence-corrected chi connectivity index (χ3v) is 3.96. The van der Waals surface area contributed by atoms with Crippen molar-refractivity contribution in [1.82, 2.24) is 15.1 Å². The summed E-state index contributed by atoms with van der Waals surface area (Å²) in [6.07, 6.45) is 2.16. The van der Waals surface area contributed by atoms with Crippen LogP contribution >= 0.6 is 0 Å². The molecule has 5 heteroatoms. The molecule has 2 heterocycles. The second-order valence-corrected chi connectivity index (χ2v) is 5.70. The molecule has 2 fully saturated rings. The minimum absolute atomic E-state index is 0.134. The maximum Gasteiger partial charge on any atom is 0.248 e. The van der Waals surface area contributed by atoms with Gasteiger partial charge in [0.15, 0.2) is 0 Å². The molecular weight excluding hydrogens is 230 g/mol. The van der Waals surface area contributed by atoms with Crippen LogP contribution in [0, 0.1) is 0 Å². The minimum Gasteiger partial charge on any atom is -0.364 e. The topological polar surface area (TPSA) is 44.8 Å². The maximum atomic E-state index is 12.1. The third-order valence-electron chi connectivity index (χ3n) is 3.96. The van der Waals surface area contributed by atoms with Crippen molar-refractivity contribution in [2.24, 2.45) is 0 Å². The van der Waals surface area contributed by atoms with Gasteiger partial charge >= 0.3 is 0 Å². The highest BCUT2D eigenvalue weighted by molar-refractivity contribution is 5.77. The monoisotopic (exact) mass is 255 g/mol. The van der Waals surface area contributed by atoms with Crippen molar-refractivity contribution >= 4 is 5.91 Å². The second kappa shape index (κ2) is 5.99. The summed E-state index contributed by atoms with van der Waals surface area (Å²) in [6.45, 7) is 7.81. The van der Waals surface area contributed by atoms with Crippen molar-refractivity contribution in [3.8, 4) is 0 Å². The van der Waals surface area contributed by atoms with Gasteiger partial charge in [-0.2, -0.15) is 0 Å². The van der Waals surface area contributed by atoms with E-state index in [1.54, 1.807) is 0 Å². The smallest absolute Gasteiger partial charge is 0.248 e. The van der Waals surface area contributed by atoms with Gasteiger partial charge in [-0.25, -0.2) is 0 Å². The molecular formula is C13H25N3O2. The molecule has 18 heavy (non-hydrogen) atoms. The summed E-state index contributed by atoms with van der Waals surface area (Å²) >= 11 is 0. The van der Waals surface area contributed by atoms with Crippen molar-refractivity contribution in [2.75, 3.05) is 52.9 Å². The standard InChI is InChI=1S/C13H25N3O2/c1-13(4-3-5-14-11-13)18-10-12(17)16-8-6-15(2)7-9-16/h14H,3-11H2,1-2H3. The zero-order valence-electron chi connectivity index (χ0n) is 11.6. The second-order valence-electron chi connectivity index (χ2n) is 5.70. The molecule has 2 aliphatic heterocycles. The Kier molecular flexibility index (Phi) is 4.59. The first-order valence-electron chi connectivity index (χ1n) is 6.90. The molecule has 2 rings (SSSR count). The van der Waals surface area contributed by atoms with Crippen LogP contribution in [0.1, 0.15) is 19.8 Å². The van der Waals surface area contributed by atoms with Crippen LogP contribution in [0.2, 0.25) is 0 Å². The van der Waals surface area contributed by atoms with Gasteiger partial charge in [-0.15, -0.1) is 0 Å². The normalized spacial score (nSPS) is 30.4. The summed E-state index contributed by atoms with van der Waals surface area (Å²) in [5, 5.41) is 3.33. The van der Waals surface area contributed by atoms with Crippen LogP contribution in [0.25, 0.3) is 0 Å². The van der Waals surface area contributed by atoms with Crippen LogP contribution in [-0.4, -0.2) is 74.2 Å². The highest BCUT2D eigenvalue weighted by Crippen LogP contribution is 2.20. The largest absolute Gasteiger partial charge is 0.364 e. The molecule has 0 aliphatic carbocycles. The number of piperidine rings is 1. The van der Waals surface area contributed by atoms with Crippen molar-refractivity contribution < 1.29 is 9.53 Å². The molecule has 0 aromatic heterocycles. The molecule has 1 atom stereocenters. The van der Waals surface area contributed by atoms with Crippen LogP contribution in [0.3, 0.4) is 0 Å². The Bertz CT molecular complexity index is 282. The van der Waals surface area contributed by atoms with E-state index in [1.807, 2.05) is 4.90 Å². The van der Waals surface area contributed by atoms with Crippen molar-refractivity contribution in [3.05, 3.63) is 0 Å². The molecule has 0 bridgehead atoms. The Balaban J connectivity index is 1.74. The number of likely N-dealkylation sites (N-methyl/N-ethyl adjacent to an activating group) is 1. The van der Waals surface area contributed by atoms with E-state index < -0.39 is 0 Å². The van der Waals surface area contributed by atoms with Gasteiger partial charge in [0.1, 0.15) is 6.61 Å². The number of carbonyl (C=O) groups is 1. The van der Waals surface area contributed by atoms with Crippen molar-refractivity contribution in [2.45, 2.75) is 25.4 Å². The van der Waals surface area contributed by atoms with E-state index in [0.717, 1.165) is 52.1 Å². The van der Waals surface area contributed by atoms with Gasteiger partial charge in [-0.05, 0) is 33.4 Å². The van der Waals surface area contributed by atoms with Gasteiger partial charge < -0.3 is 19.9 Å². The Morgan fingerprint density at radius 3 is 2.67 bits per heavy atom. The number of piperazine rings is 1. The van der Waals surface area contributed by atoms with Crippen LogP contribution in [0.4, 0.5) is 0 Å². The SMILES string of the molecule is CN1CCN(C(=O)COC2(C)CCCNC2)CC1. The lowest BCUT2D eigenvalue weighted by Crippen LogP contribution is -2.50. The molecule has 1 unspecified atom stereocenters. The quantitative estimate of drug-likeness (QED) is 0.766. The molecule has 0 aromatic carbocycles. The summed E-state index contributed by atoms with van der Waals surface area (Å²) in [6, 6.07) is 0. The van der Waals surface area contributed by atoms with Crippen LogP contribution in [0.5, 0.6) is 0 Å². The van der Waals surface area contributed by atoms with Crippen LogP contribution in [0.15, 0.2) is 0 Å². The molecule has 2 saturated heterocycles. The van der Waals surface area contributed by atoms with E-state index in [0.29, 0.717) is 0 Å². The number of amides is 1. The third kappa shape index (κ3) is 3.67. The van der Waals surface area contributed by atoms with Crippen LogP contribution < -0.4 is 5.32 Å². The van der Waals surface area contributed by atoms with Gasteiger partial charge in [0.25, 0.3) is 0 Å². The predicted molar refractivity (Wildman–Crippen MR) is 70.5 cm³/mol. The number of rotatable bonds is 3. The van der Waals surface area contributed by atoms with Crippen LogP contribution in [-0.2, 0) is 9.53 Å². The number of ether oxygens (including phenoxy) is 1. The summed E-state index contributed by atoms with van der Waals surface area (Å²) in [5.41, 5.74) is -0.166. The maximum absolute atomic E-state index is 12.1. The average molecular weight is 255 g/mol. The van der Waals surface area contributed by atoms with E-state index in [4.69, 9.17) is 4.74 Å². The summed E-state index contributed by atoms with van der Waals surface area (Å²) in [4.78, 5) is 16.2. The highest BCUT2D eigenvalue weighted by atomic mass is 16.5. The molecule has 1 N–H and O–H groups in total. The number of nitrogens with one attached hydrogen (secondary N) is 1. The van der Waals surface area contributed by atoms with E-state index in [1.165, 1.54) is 0 Å². The van der Waals surface area contributed by atoms with E-state index in [9.17, 15) is 4.79 Å². The Hall–Kier alpha value is -0.650. The molecule has 0 saturated carbocycles. The summed E-state index contributed by atoms with van der Waals surface area (Å²) in [5.74, 6) is 0.134. The van der Waals surface area contributed by atoms with E-state index >= 15 is 0 Å². The molecule has 104 valence electrons. The highest BCUT2D eigenvalue weighted by Gasteiger charge is 2.29. The average Bonchev–Trinajstić information content (AvgIpc) is 2.38. The summed E-state index contributed by atoms with van der Waals surface area (Å²) < 4.78 is 5.84. The van der Waals surface area contributed by atoms with Crippen molar-refractivity contribution in [1.29, 1.82) is 0 Å². The zero-order valence-corrected chi connectivity index (χ0v) is 11.6. The number of hydrogen-bond acceptors (Lipinski definition) is 4. The Labute approximate surface area is 109 Å². The fraction of sp³-hybridized carbons (Fsp3) is 0.923. The molecule has 5 nitrogen and oxygen atoms in total. The van der Waals surface area contributed by atoms with Gasteiger partial charge in [-0.3, -0.25) is 4.79 Å². The Morgan fingerprint density at radius 2 is 2.06 bits per heavy atom. The first-order valence-corrected chi connectivity index (χ1v) is 6.90. The van der Waals surface area contributed by atoms with Gasteiger partial charge in [0, 0.05) is 32.7 Å². The lowest BCUT2D eigenvalue weighted by molar-refractivity contribution is -0.145. The van der Waals surface area contributed by atoms with Gasteiger partial charge in [0.05, 0.1) is 5.60 Å². The number of nitrogens with zero attached hydrogens (tertiary/aromatic N) is 2. The molecule has 2 aliphatic rings. The van der Waals surface area contributed by atoms with E-state index in [-0.39, 0.29) is 18.1 Å². The summed E-state index contributed by atoms with van der Waals surface area (Å²) in [7, 11) is 2.09. The number of carbonyl (C=O) groups excluding carboxylic acids is 1. The number of hydrogen-bond donors (Lipinski definition) is 1. The van der Waals surface area contributed by atoms with Gasteiger partial charge in [-0.1, -0.05) is 0 Å². The lowest BCUT2D eigenvalue weighted by Gasteiger charge is -2.36. The fourth-order valence-electron chi connectivity index (χ4n) is 2.53. The minimum atomic E-state index is -0.166. The van der Waals surface area contributed by atoms with E-state index in [2.05, 4.69) is 24.2 Å². The lowest BCUT2D eigenvalue weighted by atomic mass is 9.96. The fourth-order valence-corrected chi connectivity index (χ4v) is 2.53. The van der Waals surface area contributed by atoms with Crippen molar-refractivity contribution in [3.63, 3.8) is 0 Å². The molecule has 1 amide bonds. The molecule has 0 spiro atoms. The van der Waals surface area contributed by atoms with Gasteiger partial charge in [0.2, 0.25) is 5.91 Å². The Morgan fingerprint density at radius 1 is 1.33 bits per heavy atom. The zero-order chi connectivity index (χ0) is 13.0. The molecule has 0 radical (unpaired) electrons.